The molecule has 0 aliphatic rings. The summed E-state index contributed by atoms with van der Waals surface area (Å²) in [6.45, 7) is 0. The summed E-state index contributed by atoms with van der Waals surface area (Å²) in [6.07, 6.45) is 7.61. The Bertz CT molecular complexity index is 3230. The minimum atomic E-state index is 0.669. The van der Waals surface area contributed by atoms with Crippen LogP contribution in [0.5, 0.6) is 0 Å². The fourth-order valence-corrected chi connectivity index (χ4v) is 8.44. The molecule has 0 N–H and O–H groups in total. The second-order valence-electron chi connectivity index (χ2n) is 14.3. The highest BCUT2D eigenvalue weighted by molar-refractivity contribution is 6.21. The summed E-state index contributed by atoms with van der Waals surface area (Å²) in [5.41, 5.74) is 12.6. The highest BCUT2D eigenvalue weighted by Crippen LogP contribution is 2.44. The average Bonchev–Trinajstić information content (AvgIpc) is 3.62. The minimum Gasteiger partial charge on any atom is -0.309 e. The van der Waals surface area contributed by atoms with Gasteiger partial charge in [-0.15, -0.1) is 0 Å². The average molecular weight is 728 g/mol. The molecule has 0 saturated heterocycles. The number of nitrogens with zero attached hydrogens (tertiary/aromatic N) is 5. The first-order valence-corrected chi connectivity index (χ1v) is 19.1. The van der Waals surface area contributed by atoms with Crippen LogP contribution in [-0.2, 0) is 0 Å². The molecule has 0 bridgehead atoms. The van der Waals surface area contributed by atoms with Crippen LogP contribution < -0.4 is 0 Å². The van der Waals surface area contributed by atoms with Crippen molar-refractivity contribution >= 4 is 43.4 Å². The molecule has 57 heavy (non-hydrogen) atoms. The molecule has 0 spiro atoms. The molecule has 0 amide bonds. The van der Waals surface area contributed by atoms with E-state index in [4.69, 9.17) is 9.97 Å². The van der Waals surface area contributed by atoms with Crippen molar-refractivity contribution in [3.8, 4) is 61.8 Å². The second-order valence-corrected chi connectivity index (χ2v) is 14.3. The monoisotopic (exact) mass is 727 g/mol. The number of para-hydroxylation sites is 1. The van der Waals surface area contributed by atoms with Crippen molar-refractivity contribution in [2.24, 2.45) is 0 Å². The lowest BCUT2D eigenvalue weighted by Crippen LogP contribution is -1.97. The number of fused-ring (bicyclic) bond motifs is 5. The number of rotatable bonds is 6. The molecule has 0 unspecified atom stereocenters. The predicted molar refractivity (Wildman–Crippen MR) is 234 cm³/mol. The predicted octanol–water partition coefficient (Wildman–Crippen LogP) is 13.0. The third kappa shape index (κ3) is 5.56. The summed E-state index contributed by atoms with van der Waals surface area (Å²) in [5, 5.41) is 6.96. The number of hydrogen-bond donors (Lipinski definition) is 0. The maximum atomic E-state index is 5.32. The summed E-state index contributed by atoms with van der Waals surface area (Å²) in [6, 6.07) is 61.9. The molecule has 11 aromatic rings. The maximum absolute atomic E-state index is 5.32. The van der Waals surface area contributed by atoms with Crippen molar-refractivity contribution in [2.45, 2.75) is 0 Å². The van der Waals surface area contributed by atoms with Crippen LogP contribution in [0.25, 0.3) is 105 Å². The van der Waals surface area contributed by atoms with Gasteiger partial charge in [0.1, 0.15) is 0 Å². The molecule has 0 radical (unpaired) electrons. The first-order valence-electron chi connectivity index (χ1n) is 19.1. The Morgan fingerprint density at radius 3 is 1.61 bits per heavy atom. The van der Waals surface area contributed by atoms with E-state index in [1.54, 1.807) is 0 Å². The Morgan fingerprint density at radius 1 is 0.333 bits per heavy atom. The molecule has 7 aromatic carbocycles. The number of pyridine rings is 2. The van der Waals surface area contributed by atoms with Gasteiger partial charge in [-0.1, -0.05) is 127 Å². The van der Waals surface area contributed by atoms with Crippen LogP contribution in [-0.4, -0.2) is 24.5 Å². The van der Waals surface area contributed by atoms with Gasteiger partial charge in [-0.3, -0.25) is 9.97 Å². The summed E-state index contributed by atoms with van der Waals surface area (Å²) in [5.74, 6) is 0.669. The van der Waals surface area contributed by atoms with Crippen LogP contribution in [0, 0.1) is 0 Å². The third-order valence-corrected chi connectivity index (χ3v) is 11.0. The fourth-order valence-electron chi connectivity index (χ4n) is 8.44. The molecule has 0 fully saturated rings. The number of aromatic nitrogens is 5. The summed E-state index contributed by atoms with van der Waals surface area (Å²) in [4.78, 5) is 19.6. The van der Waals surface area contributed by atoms with Crippen molar-refractivity contribution in [1.29, 1.82) is 0 Å². The van der Waals surface area contributed by atoms with Crippen LogP contribution in [0.2, 0.25) is 0 Å². The lowest BCUT2D eigenvalue weighted by molar-refractivity contribution is 1.17. The summed E-state index contributed by atoms with van der Waals surface area (Å²) in [7, 11) is 0. The van der Waals surface area contributed by atoms with E-state index in [0.717, 1.165) is 66.7 Å². The normalized spacial score (nSPS) is 11.5. The van der Waals surface area contributed by atoms with E-state index in [9.17, 15) is 0 Å². The molecule has 11 rings (SSSR count). The van der Waals surface area contributed by atoms with Crippen molar-refractivity contribution < 1.29 is 0 Å². The first kappa shape index (κ1) is 32.7. The zero-order valence-electron chi connectivity index (χ0n) is 30.8. The van der Waals surface area contributed by atoms with Gasteiger partial charge in [-0.05, 0) is 86.8 Å². The molecule has 5 nitrogen and oxygen atoms in total. The second kappa shape index (κ2) is 13.5. The summed E-state index contributed by atoms with van der Waals surface area (Å²) < 4.78 is 2.30. The van der Waals surface area contributed by atoms with Crippen molar-refractivity contribution in [3.05, 3.63) is 201 Å². The zero-order chi connectivity index (χ0) is 37.7. The largest absolute Gasteiger partial charge is 0.309 e. The third-order valence-electron chi connectivity index (χ3n) is 11.0. The maximum Gasteiger partial charge on any atom is 0.160 e. The highest BCUT2D eigenvalue weighted by atomic mass is 15.0. The van der Waals surface area contributed by atoms with E-state index < -0.39 is 0 Å². The van der Waals surface area contributed by atoms with Gasteiger partial charge in [0.15, 0.2) is 5.82 Å². The van der Waals surface area contributed by atoms with Crippen molar-refractivity contribution in [2.75, 3.05) is 0 Å². The van der Waals surface area contributed by atoms with E-state index in [1.165, 1.54) is 32.7 Å². The van der Waals surface area contributed by atoms with E-state index >= 15 is 0 Å². The fraction of sp³-hybridized carbons (Fsp3) is 0. The SMILES string of the molecule is c1ccc(-c2cc(-c3ccc4c(c3)c3cnccc3n4-c3ccccc3)nc(-c3cccc(-c4c5ccccc5c(-c5cccnc5)c5ccccc45)c3)n2)cc1. The van der Waals surface area contributed by atoms with Gasteiger partial charge in [-0.2, -0.15) is 0 Å². The molecular weight excluding hydrogens is 695 g/mol. The smallest absolute Gasteiger partial charge is 0.160 e. The molecule has 4 aromatic heterocycles. The standard InChI is InChI=1S/C52H33N5/c1-3-13-34(14-4-1)46-31-47(35-24-25-48-44(30-35)45-33-54-28-26-49(45)57(48)39-18-5-2-6-19-39)56-52(55-46)37-16-11-15-36(29-37)50-40-20-7-9-22-42(40)51(38-17-12-27-53-32-38)43-23-10-8-21-41(43)50/h1-33H. The number of hydrogen-bond acceptors (Lipinski definition) is 4. The zero-order valence-corrected chi connectivity index (χ0v) is 30.8. The van der Waals surface area contributed by atoms with Gasteiger partial charge in [0.05, 0.1) is 22.4 Å². The lowest BCUT2D eigenvalue weighted by Gasteiger charge is -2.18. The molecule has 266 valence electrons. The highest BCUT2D eigenvalue weighted by Gasteiger charge is 2.19. The number of benzene rings is 7. The van der Waals surface area contributed by atoms with Gasteiger partial charge in [0.25, 0.3) is 0 Å². The Balaban J connectivity index is 1.11. The quantitative estimate of drug-likeness (QED) is 0.160. The van der Waals surface area contributed by atoms with Crippen LogP contribution in [0.1, 0.15) is 0 Å². The Kier molecular flexibility index (Phi) is 7.74. The topological polar surface area (TPSA) is 56.5 Å². The van der Waals surface area contributed by atoms with Crippen molar-refractivity contribution in [3.63, 3.8) is 0 Å². The van der Waals surface area contributed by atoms with Gasteiger partial charge in [-0.25, -0.2) is 9.97 Å². The summed E-state index contributed by atoms with van der Waals surface area (Å²) >= 11 is 0. The molecule has 5 heteroatoms. The van der Waals surface area contributed by atoms with E-state index in [-0.39, 0.29) is 0 Å². The Labute approximate surface area is 329 Å². The minimum absolute atomic E-state index is 0.669. The molecule has 0 aliphatic carbocycles. The lowest BCUT2D eigenvalue weighted by atomic mass is 9.86. The molecular formula is C52H33N5. The molecule has 4 heterocycles. The van der Waals surface area contributed by atoms with Gasteiger partial charge >= 0.3 is 0 Å². The van der Waals surface area contributed by atoms with E-state index in [2.05, 4.69) is 172 Å². The first-order chi connectivity index (χ1) is 28.3. The van der Waals surface area contributed by atoms with E-state index in [1.807, 2.05) is 43.0 Å². The van der Waals surface area contributed by atoms with Crippen LogP contribution >= 0.6 is 0 Å². The molecule has 0 atom stereocenters. The van der Waals surface area contributed by atoms with Gasteiger partial charge in [0, 0.05) is 63.5 Å². The molecule has 0 aliphatic heterocycles. The van der Waals surface area contributed by atoms with Crippen molar-refractivity contribution in [1.82, 2.24) is 24.5 Å². The Morgan fingerprint density at radius 2 is 0.912 bits per heavy atom. The van der Waals surface area contributed by atoms with Crippen LogP contribution in [0.4, 0.5) is 0 Å². The van der Waals surface area contributed by atoms with Gasteiger partial charge < -0.3 is 4.57 Å². The van der Waals surface area contributed by atoms with E-state index in [0.29, 0.717) is 5.82 Å². The molecule has 0 saturated carbocycles. The van der Waals surface area contributed by atoms with Crippen LogP contribution in [0.15, 0.2) is 201 Å². The van der Waals surface area contributed by atoms with Gasteiger partial charge in [0.2, 0.25) is 0 Å². The van der Waals surface area contributed by atoms with Crippen LogP contribution in [0.3, 0.4) is 0 Å². The Hall–Kier alpha value is -7.76.